The molecule has 12 heteroatoms. The molecule has 0 aromatic heterocycles. The van der Waals surface area contributed by atoms with Gasteiger partial charge in [-0.2, -0.15) is 0 Å². The van der Waals surface area contributed by atoms with Gasteiger partial charge in [-0.05, 0) is 52.1 Å². The number of carbonyl (C=O) groups is 5. The first-order chi connectivity index (χ1) is 18.0. The normalized spacial score (nSPS) is 30.1. The highest BCUT2D eigenvalue weighted by molar-refractivity contribution is 6.34. The van der Waals surface area contributed by atoms with Gasteiger partial charge in [-0.15, -0.1) is 0 Å². The Morgan fingerprint density at radius 1 is 1.00 bits per heavy atom. The van der Waals surface area contributed by atoms with E-state index in [-0.39, 0.29) is 17.7 Å². The number of fused-ring (bicyclic) bond motifs is 3. The predicted octanol–water partition coefficient (Wildman–Crippen LogP) is -0.196. The SMILES string of the molecule is CC(=O)C1[C@@H]2[C@@](O)(C(=O)C(C(N)=O)=C(O)[C@]2(C(C)=O)N(C)C)C(=O)C2=C(O)c3c(O)ccc(N(C)C)c3C[C@@H]21. The Balaban J connectivity index is 2.20. The van der Waals surface area contributed by atoms with Crippen molar-refractivity contribution in [1.29, 1.82) is 0 Å². The number of rotatable bonds is 5. The number of benzene rings is 1. The maximum Gasteiger partial charge on any atom is 0.255 e. The van der Waals surface area contributed by atoms with Crippen LogP contribution in [-0.2, 0) is 30.4 Å². The van der Waals surface area contributed by atoms with Gasteiger partial charge in [-0.1, -0.05) is 0 Å². The smallest absolute Gasteiger partial charge is 0.255 e. The van der Waals surface area contributed by atoms with E-state index in [1.165, 1.54) is 20.2 Å². The van der Waals surface area contributed by atoms with E-state index in [0.717, 1.165) is 18.7 Å². The minimum Gasteiger partial charge on any atom is -0.509 e. The van der Waals surface area contributed by atoms with Gasteiger partial charge in [0, 0.05) is 43.1 Å². The van der Waals surface area contributed by atoms with Crippen molar-refractivity contribution >= 4 is 40.5 Å². The second-order valence-electron chi connectivity index (χ2n) is 10.8. The van der Waals surface area contributed by atoms with Crippen molar-refractivity contribution in [2.75, 3.05) is 33.1 Å². The molecule has 4 rings (SSSR count). The molecule has 0 spiro atoms. The number of hydrogen-bond donors (Lipinski definition) is 5. The molecule has 1 aromatic carbocycles. The Morgan fingerprint density at radius 3 is 2.05 bits per heavy atom. The monoisotopic (exact) mass is 541 g/mol. The Kier molecular flexibility index (Phi) is 6.28. The van der Waals surface area contributed by atoms with Gasteiger partial charge in [0.1, 0.15) is 34.2 Å². The third-order valence-electron chi connectivity index (χ3n) is 8.45. The zero-order valence-corrected chi connectivity index (χ0v) is 22.4. The number of anilines is 1. The van der Waals surface area contributed by atoms with Crippen molar-refractivity contribution in [3.05, 3.63) is 40.2 Å². The van der Waals surface area contributed by atoms with E-state index in [1.54, 1.807) is 25.1 Å². The molecule has 1 saturated carbocycles. The molecule has 1 aromatic rings. The van der Waals surface area contributed by atoms with Crippen LogP contribution in [0.1, 0.15) is 25.0 Å². The van der Waals surface area contributed by atoms with E-state index >= 15 is 0 Å². The molecule has 0 saturated heterocycles. The second kappa shape index (κ2) is 8.75. The van der Waals surface area contributed by atoms with Gasteiger partial charge in [0.05, 0.1) is 5.56 Å². The van der Waals surface area contributed by atoms with Crippen LogP contribution in [0.3, 0.4) is 0 Å². The van der Waals surface area contributed by atoms with E-state index in [4.69, 9.17) is 5.73 Å². The van der Waals surface area contributed by atoms with E-state index in [2.05, 4.69) is 0 Å². The summed E-state index contributed by atoms with van der Waals surface area (Å²) in [6.45, 7) is 2.18. The lowest BCUT2D eigenvalue weighted by Crippen LogP contribution is -2.77. The van der Waals surface area contributed by atoms with Crippen molar-refractivity contribution < 1.29 is 44.4 Å². The second-order valence-corrected chi connectivity index (χ2v) is 10.8. The van der Waals surface area contributed by atoms with Crippen molar-refractivity contribution in [2.45, 2.75) is 31.4 Å². The first-order valence-corrected chi connectivity index (χ1v) is 12.2. The van der Waals surface area contributed by atoms with E-state index in [9.17, 15) is 44.4 Å². The highest BCUT2D eigenvalue weighted by Crippen LogP contribution is 2.58. The molecule has 3 aliphatic rings. The van der Waals surface area contributed by atoms with Gasteiger partial charge in [0.2, 0.25) is 11.6 Å². The van der Waals surface area contributed by atoms with E-state index < -0.39 is 80.6 Å². The largest absolute Gasteiger partial charge is 0.509 e. The first-order valence-electron chi connectivity index (χ1n) is 12.2. The van der Waals surface area contributed by atoms with E-state index in [0.29, 0.717) is 11.3 Å². The molecule has 1 amide bonds. The Bertz CT molecular complexity index is 1440. The summed E-state index contributed by atoms with van der Waals surface area (Å²) in [5, 5.41) is 45.4. The molecule has 39 heavy (non-hydrogen) atoms. The number of aromatic hydroxyl groups is 1. The Labute approximate surface area is 224 Å². The fourth-order valence-corrected chi connectivity index (χ4v) is 6.95. The lowest BCUT2D eigenvalue weighted by molar-refractivity contribution is -0.179. The molecular formula is C27H31N3O9. The minimum absolute atomic E-state index is 0.0953. The third-order valence-corrected chi connectivity index (χ3v) is 8.45. The predicted molar refractivity (Wildman–Crippen MR) is 138 cm³/mol. The molecule has 1 fully saturated rings. The lowest BCUT2D eigenvalue weighted by Gasteiger charge is -2.58. The molecule has 5 atom stereocenters. The van der Waals surface area contributed by atoms with Crippen molar-refractivity contribution in [1.82, 2.24) is 4.90 Å². The number of phenols is 1. The number of hydrogen-bond acceptors (Lipinski definition) is 11. The van der Waals surface area contributed by atoms with Gasteiger partial charge in [-0.3, -0.25) is 28.9 Å². The van der Waals surface area contributed by atoms with Crippen LogP contribution in [0.25, 0.3) is 5.76 Å². The molecular weight excluding hydrogens is 510 g/mol. The van der Waals surface area contributed by atoms with Gasteiger partial charge in [-0.25, -0.2) is 0 Å². The summed E-state index contributed by atoms with van der Waals surface area (Å²) in [7, 11) is 6.10. The first kappa shape index (κ1) is 28.0. The fraction of sp³-hybridized carbons (Fsp3) is 0.444. The van der Waals surface area contributed by atoms with Gasteiger partial charge in [0.15, 0.2) is 11.4 Å². The number of nitrogens with two attached hydrogens (primary N) is 1. The molecule has 3 aliphatic carbocycles. The topological polar surface area (TPSA) is 199 Å². The Morgan fingerprint density at radius 2 is 1.59 bits per heavy atom. The summed E-state index contributed by atoms with van der Waals surface area (Å²) in [5.74, 6) is -12.7. The Hall–Kier alpha value is -4.03. The van der Waals surface area contributed by atoms with Crippen LogP contribution in [0.15, 0.2) is 29.0 Å². The zero-order valence-electron chi connectivity index (χ0n) is 22.4. The van der Waals surface area contributed by atoms with E-state index in [1.807, 2.05) is 0 Å². The number of Topliss-reactive ketones (excluding diaryl/α,β-unsaturated/α-hetero) is 4. The van der Waals surface area contributed by atoms with Crippen molar-refractivity contribution in [3.63, 3.8) is 0 Å². The highest BCUT2D eigenvalue weighted by atomic mass is 16.3. The van der Waals surface area contributed by atoms with Crippen LogP contribution in [0.5, 0.6) is 5.75 Å². The average molecular weight is 542 g/mol. The number of nitrogens with zero attached hydrogens (tertiary/aromatic N) is 2. The molecule has 6 N–H and O–H groups in total. The number of carbonyl (C=O) groups excluding carboxylic acids is 5. The van der Waals surface area contributed by atoms with Crippen LogP contribution >= 0.6 is 0 Å². The maximum atomic E-state index is 14.2. The number of likely N-dealkylation sites (N-methyl/N-ethyl adjacent to an activating group) is 1. The number of amides is 1. The molecule has 0 heterocycles. The summed E-state index contributed by atoms with van der Waals surface area (Å²) in [6, 6.07) is 2.90. The molecule has 208 valence electrons. The third kappa shape index (κ3) is 3.27. The van der Waals surface area contributed by atoms with Gasteiger partial charge >= 0.3 is 0 Å². The van der Waals surface area contributed by atoms with Crippen LogP contribution < -0.4 is 10.6 Å². The van der Waals surface area contributed by atoms with Crippen LogP contribution in [0, 0.1) is 17.8 Å². The molecule has 0 radical (unpaired) electrons. The van der Waals surface area contributed by atoms with Gasteiger partial charge in [0.25, 0.3) is 5.91 Å². The summed E-state index contributed by atoms with van der Waals surface area (Å²) in [4.78, 5) is 69.9. The standard InChI is InChI=1S/C27H31N3O9/c1-10(31)16-13-9-12-14(29(3)4)7-8-15(33)17(12)20(34)18(13)23(36)27(39)21(16)26(11(2)32,30(5)6)22(35)19(24(27)37)25(28)38/h7-8,13,16,21,33-35,39H,9H2,1-6H3,(H2,28,38)/t13-,16?,21+,26-,27+/m1/s1. The average Bonchev–Trinajstić information content (AvgIpc) is 2.80. The van der Waals surface area contributed by atoms with Crippen molar-refractivity contribution in [2.24, 2.45) is 23.5 Å². The lowest BCUT2D eigenvalue weighted by atomic mass is 9.47. The van der Waals surface area contributed by atoms with Crippen LogP contribution in [-0.4, -0.2) is 93.7 Å². The minimum atomic E-state index is -3.24. The molecule has 0 aliphatic heterocycles. The van der Waals surface area contributed by atoms with Crippen LogP contribution in [0.4, 0.5) is 5.69 Å². The molecule has 1 unspecified atom stereocenters. The summed E-state index contributed by atoms with van der Waals surface area (Å²) in [5.41, 5.74) is -1.04. The summed E-state index contributed by atoms with van der Waals surface area (Å²) < 4.78 is 0. The molecule has 12 nitrogen and oxygen atoms in total. The fourth-order valence-electron chi connectivity index (χ4n) is 6.95. The number of ketones is 4. The van der Waals surface area contributed by atoms with Gasteiger partial charge < -0.3 is 31.1 Å². The summed E-state index contributed by atoms with van der Waals surface area (Å²) in [6.07, 6.45) is -0.0953. The molecule has 0 bridgehead atoms. The zero-order chi connectivity index (χ0) is 29.5. The van der Waals surface area contributed by atoms with Crippen molar-refractivity contribution in [3.8, 4) is 5.75 Å². The maximum absolute atomic E-state index is 14.2. The quantitative estimate of drug-likeness (QED) is 0.244. The van der Waals surface area contributed by atoms with Crippen LogP contribution in [0.2, 0.25) is 0 Å². The number of aliphatic hydroxyl groups excluding tert-OH is 2. The number of aliphatic hydroxyl groups is 3. The number of phenolic OH excluding ortho intramolecular Hbond substituents is 1. The highest BCUT2D eigenvalue weighted by Gasteiger charge is 2.75. The number of primary amides is 1. The summed E-state index contributed by atoms with van der Waals surface area (Å²) >= 11 is 0.